The van der Waals surface area contributed by atoms with E-state index < -0.39 is 0 Å². The zero-order chi connectivity index (χ0) is 15.9. The molecule has 1 unspecified atom stereocenters. The van der Waals surface area contributed by atoms with Crippen LogP contribution in [-0.2, 0) is 4.79 Å². The second-order valence-corrected chi connectivity index (χ2v) is 5.94. The van der Waals surface area contributed by atoms with Crippen LogP contribution in [0.3, 0.4) is 0 Å². The van der Waals surface area contributed by atoms with Gasteiger partial charge in [0.15, 0.2) is 0 Å². The normalized spacial score (nSPS) is 11.5. The predicted octanol–water partition coefficient (Wildman–Crippen LogP) is 3.40. The summed E-state index contributed by atoms with van der Waals surface area (Å²) in [6.45, 7) is 1.98. The molecule has 2 aromatic rings. The third-order valence-electron chi connectivity index (χ3n) is 3.28. The fourth-order valence-corrected chi connectivity index (χ4v) is 2.29. The van der Waals surface area contributed by atoms with Crippen molar-refractivity contribution in [2.45, 2.75) is 19.3 Å². The van der Waals surface area contributed by atoms with Gasteiger partial charge in [-0.2, -0.15) is 0 Å². The Kier molecular flexibility index (Phi) is 5.72. The summed E-state index contributed by atoms with van der Waals surface area (Å²) in [5, 5.41) is 0. The first-order valence-electron chi connectivity index (χ1n) is 6.96. The van der Waals surface area contributed by atoms with Crippen LogP contribution in [0, 0.1) is 0 Å². The molecule has 0 bridgehead atoms. The number of nitrogens with one attached hydrogen (secondary N) is 2. The zero-order valence-electron chi connectivity index (χ0n) is 12.2. The van der Waals surface area contributed by atoms with Gasteiger partial charge in [0.2, 0.25) is 5.91 Å². The van der Waals surface area contributed by atoms with Gasteiger partial charge in [-0.3, -0.25) is 20.4 Å². The number of hydrogen-bond donors (Lipinski definition) is 2. The van der Waals surface area contributed by atoms with Gasteiger partial charge in [0, 0.05) is 16.5 Å². The summed E-state index contributed by atoms with van der Waals surface area (Å²) in [6.07, 6.45) is 0.310. The molecular weight excluding hydrogens is 344 g/mol. The Hall–Kier alpha value is -2.14. The Morgan fingerprint density at radius 2 is 1.64 bits per heavy atom. The average Bonchev–Trinajstić information content (AvgIpc) is 2.54. The van der Waals surface area contributed by atoms with Gasteiger partial charge in [0.1, 0.15) is 0 Å². The molecule has 0 fully saturated rings. The van der Waals surface area contributed by atoms with Gasteiger partial charge in [0.05, 0.1) is 0 Å². The van der Waals surface area contributed by atoms with E-state index in [-0.39, 0.29) is 17.7 Å². The Labute approximate surface area is 138 Å². The van der Waals surface area contributed by atoms with Crippen LogP contribution in [0.15, 0.2) is 59.1 Å². The fraction of sp³-hybridized carbons (Fsp3) is 0.176. The highest BCUT2D eigenvalue weighted by Gasteiger charge is 2.12. The van der Waals surface area contributed by atoms with Gasteiger partial charge >= 0.3 is 0 Å². The van der Waals surface area contributed by atoms with Crippen LogP contribution >= 0.6 is 15.9 Å². The van der Waals surface area contributed by atoms with Crippen molar-refractivity contribution in [3.8, 4) is 0 Å². The summed E-state index contributed by atoms with van der Waals surface area (Å²) in [5.74, 6) is -0.471. The van der Waals surface area contributed by atoms with Gasteiger partial charge in [-0.15, -0.1) is 0 Å². The van der Waals surface area contributed by atoms with Gasteiger partial charge in [0.25, 0.3) is 5.91 Å². The second-order valence-electron chi connectivity index (χ2n) is 5.03. The number of hydrogen-bond acceptors (Lipinski definition) is 2. The van der Waals surface area contributed by atoms with Crippen molar-refractivity contribution in [3.63, 3.8) is 0 Å². The van der Waals surface area contributed by atoms with Crippen molar-refractivity contribution in [1.82, 2.24) is 10.9 Å². The third kappa shape index (κ3) is 4.70. The van der Waals surface area contributed by atoms with E-state index in [0.29, 0.717) is 12.0 Å². The largest absolute Gasteiger partial charge is 0.273 e. The van der Waals surface area contributed by atoms with E-state index in [0.717, 1.165) is 10.0 Å². The summed E-state index contributed by atoms with van der Waals surface area (Å²) < 4.78 is 0.893. The summed E-state index contributed by atoms with van der Waals surface area (Å²) in [5.41, 5.74) is 6.45. The molecule has 0 aliphatic carbocycles. The van der Waals surface area contributed by atoms with Crippen molar-refractivity contribution in [1.29, 1.82) is 0 Å². The van der Waals surface area contributed by atoms with E-state index in [1.807, 2.05) is 37.3 Å². The Morgan fingerprint density at radius 3 is 2.27 bits per heavy atom. The van der Waals surface area contributed by atoms with E-state index in [1.54, 1.807) is 24.3 Å². The van der Waals surface area contributed by atoms with Crippen molar-refractivity contribution in [2.24, 2.45) is 0 Å². The smallest absolute Gasteiger partial charge is 0.269 e. The molecule has 0 radical (unpaired) electrons. The number of rotatable bonds is 4. The Balaban J connectivity index is 1.82. The highest BCUT2D eigenvalue weighted by molar-refractivity contribution is 9.10. The lowest BCUT2D eigenvalue weighted by atomic mass is 9.98. The van der Waals surface area contributed by atoms with E-state index >= 15 is 0 Å². The molecule has 2 rings (SSSR count). The topological polar surface area (TPSA) is 58.2 Å². The molecule has 1 atom stereocenters. The molecule has 2 N–H and O–H groups in total. The Bertz CT molecular complexity index is 641. The minimum absolute atomic E-state index is 0.0887. The molecule has 2 aromatic carbocycles. The van der Waals surface area contributed by atoms with E-state index in [9.17, 15) is 9.59 Å². The van der Waals surface area contributed by atoms with E-state index in [1.165, 1.54) is 0 Å². The summed E-state index contributed by atoms with van der Waals surface area (Å²) in [7, 11) is 0. The standard InChI is InChI=1S/C17H17BrN2O2/c1-12(13-5-3-2-4-6-13)11-16(21)19-20-17(22)14-7-9-15(18)10-8-14/h2-10,12H,11H2,1H3,(H,19,21)(H,20,22). The van der Waals surface area contributed by atoms with Crippen molar-refractivity contribution in [2.75, 3.05) is 0 Å². The van der Waals surface area contributed by atoms with Crippen LogP contribution < -0.4 is 10.9 Å². The van der Waals surface area contributed by atoms with Gasteiger partial charge < -0.3 is 0 Å². The lowest BCUT2D eigenvalue weighted by Gasteiger charge is -2.12. The van der Waals surface area contributed by atoms with Gasteiger partial charge in [-0.05, 0) is 35.7 Å². The van der Waals surface area contributed by atoms with Crippen LogP contribution in [0.25, 0.3) is 0 Å². The monoisotopic (exact) mass is 360 g/mol. The molecule has 114 valence electrons. The van der Waals surface area contributed by atoms with Crippen LogP contribution in [0.1, 0.15) is 35.2 Å². The molecule has 5 heteroatoms. The van der Waals surface area contributed by atoms with Crippen LogP contribution in [0.5, 0.6) is 0 Å². The summed E-state index contributed by atoms with van der Waals surface area (Å²) in [6, 6.07) is 16.7. The molecule has 0 aliphatic rings. The highest BCUT2D eigenvalue weighted by Crippen LogP contribution is 2.17. The number of hydrazine groups is 1. The van der Waals surface area contributed by atoms with Crippen LogP contribution in [0.4, 0.5) is 0 Å². The lowest BCUT2D eigenvalue weighted by Crippen LogP contribution is -2.41. The minimum atomic E-state index is -0.340. The first-order chi connectivity index (χ1) is 10.6. The molecule has 0 saturated heterocycles. The maximum Gasteiger partial charge on any atom is 0.269 e. The summed E-state index contributed by atoms with van der Waals surface area (Å²) >= 11 is 3.30. The van der Waals surface area contributed by atoms with Crippen molar-refractivity contribution in [3.05, 3.63) is 70.2 Å². The lowest BCUT2D eigenvalue weighted by molar-refractivity contribution is -0.122. The second kappa shape index (κ2) is 7.75. The quantitative estimate of drug-likeness (QED) is 0.820. The minimum Gasteiger partial charge on any atom is -0.273 e. The molecule has 0 spiro atoms. The maximum absolute atomic E-state index is 11.9. The molecule has 4 nitrogen and oxygen atoms in total. The number of carbonyl (C=O) groups is 2. The molecule has 0 aliphatic heterocycles. The fourth-order valence-electron chi connectivity index (χ4n) is 2.03. The van der Waals surface area contributed by atoms with Crippen LogP contribution in [0.2, 0.25) is 0 Å². The number of benzene rings is 2. The molecule has 0 aromatic heterocycles. The van der Waals surface area contributed by atoms with Crippen LogP contribution in [-0.4, -0.2) is 11.8 Å². The first kappa shape index (κ1) is 16.2. The SMILES string of the molecule is CC(CC(=O)NNC(=O)c1ccc(Br)cc1)c1ccccc1. The van der Waals surface area contributed by atoms with Gasteiger partial charge in [-0.25, -0.2) is 0 Å². The number of halogens is 1. The number of carbonyl (C=O) groups excluding carboxylic acids is 2. The van der Waals surface area contributed by atoms with Gasteiger partial charge in [-0.1, -0.05) is 53.2 Å². The molecule has 2 amide bonds. The molecule has 22 heavy (non-hydrogen) atoms. The zero-order valence-corrected chi connectivity index (χ0v) is 13.8. The molecule has 0 saturated carbocycles. The Morgan fingerprint density at radius 1 is 1.00 bits per heavy atom. The molecule has 0 heterocycles. The molecular formula is C17H17BrN2O2. The highest BCUT2D eigenvalue weighted by atomic mass is 79.9. The number of amides is 2. The van der Waals surface area contributed by atoms with E-state index in [4.69, 9.17) is 0 Å². The first-order valence-corrected chi connectivity index (χ1v) is 7.75. The van der Waals surface area contributed by atoms with Crippen molar-refractivity contribution >= 4 is 27.7 Å². The van der Waals surface area contributed by atoms with Crippen molar-refractivity contribution < 1.29 is 9.59 Å². The summed E-state index contributed by atoms with van der Waals surface area (Å²) in [4.78, 5) is 23.8. The average molecular weight is 361 g/mol. The predicted molar refractivity (Wildman–Crippen MR) is 89.2 cm³/mol. The third-order valence-corrected chi connectivity index (χ3v) is 3.81. The van der Waals surface area contributed by atoms with E-state index in [2.05, 4.69) is 26.8 Å². The maximum atomic E-state index is 11.9.